The molecule has 4 rings (SSSR count). The van der Waals surface area contributed by atoms with Crippen LogP contribution in [0.3, 0.4) is 0 Å². The molecule has 3 aromatic heterocycles. The molecule has 0 aliphatic carbocycles. The Kier molecular flexibility index (Phi) is 4.29. The van der Waals surface area contributed by atoms with E-state index in [1.54, 1.807) is 18.2 Å². The summed E-state index contributed by atoms with van der Waals surface area (Å²) in [6, 6.07) is 8.65. The van der Waals surface area contributed by atoms with E-state index in [0.717, 1.165) is 19.8 Å². The van der Waals surface area contributed by atoms with Crippen LogP contribution in [0, 0.1) is 5.82 Å². The smallest absolute Gasteiger partial charge is 0.317 e. The molecule has 0 spiro atoms. The van der Waals surface area contributed by atoms with Gasteiger partial charge in [0.05, 0.1) is 10.8 Å². The molecule has 0 saturated heterocycles. The lowest BCUT2D eigenvalue weighted by molar-refractivity contribution is -0.133. The predicted octanol–water partition coefficient (Wildman–Crippen LogP) is 5.56. The van der Waals surface area contributed by atoms with Crippen LogP contribution in [-0.2, 0) is 11.2 Å². The van der Waals surface area contributed by atoms with Gasteiger partial charge in [-0.2, -0.15) is 4.98 Å². The summed E-state index contributed by atoms with van der Waals surface area (Å²) in [7, 11) is 0. The van der Waals surface area contributed by atoms with Gasteiger partial charge in [0.15, 0.2) is 12.7 Å². The van der Waals surface area contributed by atoms with Gasteiger partial charge in [0.25, 0.3) is 5.88 Å². The third-order valence-corrected chi connectivity index (χ3v) is 5.80. The fourth-order valence-corrected chi connectivity index (χ4v) is 4.52. The van der Waals surface area contributed by atoms with Crippen molar-refractivity contribution >= 4 is 50.3 Å². The molecule has 0 bridgehead atoms. The highest BCUT2D eigenvalue weighted by Gasteiger charge is 2.14. The number of esters is 1. The van der Waals surface area contributed by atoms with Gasteiger partial charge >= 0.3 is 5.97 Å². The van der Waals surface area contributed by atoms with Crippen molar-refractivity contribution in [2.45, 2.75) is 6.42 Å². The molecule has 3 heterocycles. The van der Waals surface area contributed by atoms with Crippen LogP contribution < -0.4 is 4.74 Å². The first-order valence-electron chi connectivity index (χ1n) is 7.15. The Hall–Kier alpha value is -2.22. The van der Waals surface area contributed by atoms with Gasteiger partial charge in [-0.25, -0.2) is 4.39 Å². The van der Waals surface area contributed by atoms with Crippen LogP contribution in [0.1, 0.15) is 4.88 Å². The number of nitrogens with zero attached hydrogens (tertiary/aromatic N) is 1. The third-order valence-electron chi connectivity index (χ3n) is 3.44. The molecule has 0 atom stereocenters. The number of carbonyl (C=O) groups is 1. The van der Waals surface area contributed by atoms with E-state index in [2.05, 4.69) is 4.98 Å². The molecule has 4 nitrogen and oxygen atoms in total. The Bertz CT molecular complexity index is 1060. The largest absolute Gasteiger partial charge is 0.448 e. The van der Waals surface area contributed by atoms with Crippen LogP contribution in [0.25, 0.3) is 20.5 Å². The fraction of sp³-hybridized carbons (Fsp3) is 0.0588. The number of aromatic nitrogens is 1. The van der Waals surface area contributed by atoms with Gasteiger partial charge in [0.2, 0.25) is 0 Å². The number of ether oxygens (including phenoxy) is 1. The second-order valence-corrected chi connectivity index (χ2v) is 8.05. The topological polar surface area (TPSA) is 52.3 Å². The van der Waals surface area contributed by atoms with E-state index in [4.69, 9.17) is 20.8 Å². The maximum absolute atomic E-state index is 14.4. The first kappa shape index (κ1) is 16.3. The summed E-state index contributed by atoms with van der Waals surface area (Å²) in [5.41, 5.74) is 0.499. The maximum Gasteiger partial charge on any atom is 0.317 e. The van der Waals surface area contributed by atoms with Crippen molar-refractivity contribution in [2.24, 2.45) is 0 Å². The van der Waals surface area contributed by atoms with Gasteiger partial charge in [0.1, 0.15) is 5.82 Å². The summed E-state index contributed by atoms with van der Waals surface area (Å²) in [5.74, 6) is -0.648. The fourth-order valence-electron chi connectivity index (χ4n) is 2.40. The lowest BCUT2D eigenvalue weighted by atomic mass is 10.1. The van der Waals surface area contributed by atoms with E-state index in [9.17, 15) is 9.18 Å². The number of hydrogen-bond acceptors (Lipinski definition) is 6. The van der Waals surface area contributed by atoms with Crippen LogP contribution in [0.5, 0.6) is 5.88 Å². The van der Waals surface area contributed by atoms with E-state index in [1.165, 1.54) is 41.4 Å². The Morgan fingerprint density at radius 1 is 1.28 bits per heavy atom. The van der Waals surface area contributed by atoms with Crippen LogP contribution in [0.15, 0.2) is 47.4 Å². The molecule has 0 amide bonds. The van der Waals surface area contributed by atoms with Crippen molar-refractivity contribution in [3.05, 3.63) is 58.0 Å². The summed E-state index contributed by atoms with van der Waals surface area (Å²) in [6.45, 7) is 0. The molecule has 0 aliphatic heterocycles. The van der Waals surface area contributed by atoms with Crippen molar-refractivity contribution in [1.29, 1.82) is 0 Å². The van der Waals surface area contributed by atoms with E-state index in [0.29, 0.717) is 9.90 Å². The highest BCUT2D eigenvalue weighted by molar-refractivity contribution is 7.19. The molecule has 0 N–H and O–H groups in total. The third kappa shape index (κ3) is 3.44. The zero-order valence-electron chi connectivity index (χ0n) is 12.5. The Morgan fingerprint density at radius 2 is 2.16 bits per heavy atom. The predicted molar refractivity (Wildman–Crippen MR) is 95.9 cm³/mol. The molecule has 0 fully saturated rings. The molecule has 126 valence electrons. The average Bonchev–Trinajstić information content (AvgIpc) is 3.27. The molecular formula is C17H9ClFNO3S2. The van der Waals surface area contributed by atoms with Gasteiger partial charge in [-0.3, -0.25) is 4.79 Å². The number of halogens is 2. The van der Waals surface area contributed by atoms with Gasteiger partial charge in [-0.15, -0.1) is 22.7 Å². The summed E-state index contributed by atoms with van der Waals surface area (Å²) >= 11 is 8.61. The zero-order chi connectivity index (χ0) is 17.4. The molecule has 0 unspecified atom stereocenters. The highest BCUT2D eigenvalue weighted by Crippen LogP contribution is 2.37. The summed E-state index contributed by atoms with van der Waals surface area (Å²) in [5, 5.41) is 0.871. The first-order chi connectivity index (χ1) is 12.1. The number of benzene rings is 1. The number of fused-ring (bicyclic) bond motifs is 1. The second kappa shape index (κ2) is 6.59. The summed E-state index contributed by atoms with van der Waals surface area (Å²) in [4.78, 5) is 17.2. The number of carbonyl (C=O) groups excluding carboxylic acids is 1. The average molecular weight is 394 g/mol. The van der Waals surface area contributed by atoms with Gasteiger partial charge in [-0.05, 0) is 35.7 Å². The second-order valence-electron chi connectivity index (χ2n) is 5.16. The number of rotatable bonds is 4. The van der Waals surface area contributed by atoms with Crippen molar-refractivity contribution in [1.82, 2.24) is 4.98 Å². The van der Waals surface area contributed by atoms with Crippen molar-refractivity contribution in [3.63, 3.8) is 0 Å². The lowest BCUT2D eigenvalue weighted by Gasteiger charge is -2.00. The Balaban J connectivity index is 1.60. The minimum Gasteiger partial charge on any atom is -0.448 e. The quantitative estimate of drug-likeness (QED) is 0.426. The molecule has 8 heteroatoms. The minimum absolute atomic E-state index is 0.0774. The SMILES string of the molecule is O=C(Cc1cc2cc(-c3ccc(Cl)s3)c(F)cc2s1)Oc1cocn1. The van der Waals surface area contributed by atoms with Crippen LogP contribution in [-0.4, -0.2) is 11.0 Å². The highest BCUT2D eigenvalue weighted by atomic mass is 35.5. The first-order valence-corrected chi connectivity index (χ1v) is 9.16. The minimum atomic E-state index is -0.453. The van der Waals surface area contributed by atoms with Crippen molar-refractivity contribution in [2.75, 3.05) is 0 Å². The van der Waals surface area contributed by atoms with E-state index >= 15 is 0 Å². The molecule has 25 heavy (non-hydrogen) atoms. The molecule has 4 aromatic rings. The Labute approximate surface area is 154 Å². The van der Waals surface area contributed by atoms with Crippen LogP contribution in [0.2, 0.25) is 4.34 Å². The van der Waals surface area contributed by atoms with Crippen molar-refractivity contribution < 1.29 is 18.3 Å². The van der Waals surface area contributed by atoms with Crippen LogP contribution >= 0.6 is 34.3 Å². The molecule has 0 saturated carbocycles. The normalized spacial score (nSPS) is 11.1. The number of oxazole rings is 1. The zero-order valence-corrected chi connectivity index (χ0v) is 14.9. The summed E-state index contributed by atoms with van der Waals surface area (Å²) < 4.78 is 25.6. The molecule has 1 aromatic carbocycles. The van der Waals surface area contributed by atoms with Crippen molar-refractivity contribution in [3.8, 4) is 16.3 Å². The number of hydrogen-bond donors (Lipinski definition) is 0. The Morgan fingerprint density at radius 3 is 2.88 bits per heavy atom. The maximum atomic E-state index is 14.4. The van der Waals surface area contributed by atoms with Gasteiger partial charge < -0.3 is 9.15 Å². The van der Waals surface area contributed by atoms with E-state index < -0.39 is 5.97 Å². The molecule has 0 radical (unpaired) electrons. The van der Waals surface area contributed by atoms with Crippen LogP contribution in [0.4, 0.5) is 4.39 Å². The van der Waals surface area contributed by atoms with Gasteiger partial charge in [-0.1, -0.05) is 11.6 Å². The summed E-state index contributed by atoms with van der Waals surface area (Å²) in [6.07, 6.45) is 2.51. The van der Waals surface area contributed by atoms with Gasteiger partial charge in [0, 0.05) is 20.0 Å². The van der Waals surface area contributed by atoms with E-state index in [-0.39, 0.29) is 18.1 Å². The van der Waals surface area contributed by atoms with E-state index in [1.807, 2.05) is 6.07 Å². The number of thiophene rings is 2. The standard InChI is InChI=1S/C17H9ClFNO3S2/c18-15-2-1-13(25-15)11-4-9-3-10(24-14(9)6-12(11)19)5-17(21)23-16-7-22-8-20-16/h1-4,6-8H,5H2. The molecular weight excluding hydrogens is 385 g/mol. The molecule has 0 aliphatic rings. The monoisotopic (exact) mass is 393 g/mol. The lowest BCUT2D eigenvalue weighted by Crippen LogP contribution is -2.10.